The summed E-state index contributed by atoms with van der Waals surface area (Å²) >= 11 is 12.9. The normalized spacial score (nSPS) is 10.3. The molecule has 0 aliphatic carbocycles. The molecule has 0 spiro atoms. The summed E-state index contributed by atoms with van der Waals surface area (Å²) in [7, 11) is 0. The summed E-state index contributed by atoms with van der Waals surface area (Å²) < 4.78 is 6.66. The highest BCUT2D eigenvalue weighted by Crippen LogP contribution is 2.31. The number of benzene rings is 2. The van der Waals surface area contributed by atoms with Crippen molar-refractivity contribution in [1.29, 1.82) is 0 Å². The predicted octanol–water partition coefficient (Wildman–Crippen LogP) is 5.79. The molecule has 0 heterocycles. The van der Waals surface area contributed by atoms with Gasteiger partial charge in [0.1, 0.15) is 11.5 Å². The van der Waals surface area contributed by atoms with Crippen LogP contribution in [0.15, 0.2) is 46.9 Å². The molecule has 0 amide bonds. The Balaban J connectivity index is 2.25. The van der Waals surface area contributed by atoms with Gasteiger partial charge in [-0.2, -0.15) is 0 Å². The molecule has 0 unspecified atom stereocenters. The Morgan fingerprint density at radius 3 is 2.53 bits per heavy atom. The van der Waals surface area contributed by atoms with Crippen LogP contribution in [0.4, 0.5) is 0 Å². The third-order valence-corrected chi connectivity index (χ3v) is 3.84. The third-order valence-electron chi connectivity index (χ3n) is 2.23. The molecule has 4 heteroatoms. The molecule has 1 nitrogen and oxygen atoms in total. The van der Waals surface area contributed by atoms with E-state index in [0.717, 1.165) is 26.9 Å². The van der Waals surface area contributed by atoms with Crippen molar-refractivity contribution in [2.75, 3.05) is 0 Å². The molecule has 0 atom stereocenters. The first kappa shape index (κ1) is 12.9. The lowest BCUT2D eigenvalue weighted by atomic mass is 10.2. The van der Waals surface area contributed by atoms with Crippen molar-refractivity contribution in [3.63, 3.8) is 0 Å². The number of hydrogen-bond donors (Lipinski definition) is 0. The zero-order valence-corrected chi connectivity index (χ0v) is 12.7. The van der Waals surface area contributed by atoms with Gasteiger partial charge >= 0.3 is 0 Å². The molecule has 0 aliphatic rings. The van der Waals surface area contributed by atoms with Crippen LogP contribution in [0.2, 0.25) is 5.02 Å². The number of para-hydroxylation sites is 1. The Morgan fingerprint density at radius 1 is 1.12 bits per heavy atom. The SMILES string of the molecule is Clc1cc(Oc2ccccc2Br)ccc1CBr. The zero-order chi connectivity index (χ0) is 12.3. The highest BCUT2D eigenvalue weighted by atomic mass is 79.9. The van der Waals surface area contributed by atoms with Gasteiger partial charge in [0, 0.05) is 10.4 Å². The lowest BCUT2D eigenvalue weighted by Gasteiger charge is -2.09. The molecule has 17 heavy (non-hydrogen) atoms. The number of hydrogen-bond acceptors (Lipinski definition) is 1. The van der Waals surface area contributed by atoms with E-state index in [9.17, 15) is 0 Å². The largest absolute Gasteiger partial charge is 0.456 e. The van der Waals surface area contributed by atoms with Gasteiger partial charge in [0.25, 0.3) is 0 Å². The second kappa shape index (κ2) is 5.89. The Labute approximate surface area is 122 Å². The lowest BCUT2D eigenvalue weighted by molar-refractivity contribution is 0.479. The van der Waals surface area contributed by atoms with Gasteiger partial charge in [-0.05, 0) is 45.8 Å². The maximum atomic E-state index is 6.11. The van der Waals surface area contributed by atoms with Gasteiger partial charge in [0.15, 0.2) is 0 Å². The summed E-state index contributed by atoms with van der Waals surface area (Å²) in [6.07, 6.45) is 0. The highest BCUT2D eigenvalue weighted by Gasteiger charge is 2.04. The van der Waals surface area contributed by atoms with Gasteiger partial charge in [0.05, 0.1) is 4.47 Å². The van der Waals surface area contributed by atoms with Crippen molar-refractivity contribution >= 4 is 43.5 Å². The van der Waals surface area contributed by atoms with E-state index in [1.807, 2.05) is 42.5 Å². The fourth-order valence-electron chi connectivity index (χ4n) is 1.35. The van der Waals surface area contributed by atoms with Crippen LogP contribution in [0, 0.1) is 0 Å². The average molecular weight is 376 g/mol. The Bertz CT molecular complexity index is 529. The molecule has 2 rings (SSSR count). The summed E-state index contributed by atoms with van der Waals surface area (Å²) in [5.74, 6) is 1.50. The van der Waals surface area contributed by atoms with Gasteiger partial charge < -0.3 is 4.74 Å². The van der Waals surface area contributed by atoms with Crippen LogP contribution in [-0.4, -0.2) is 0 Å². The summed E-state index contributed by atoms with van der Waals surface area (Å²) in [5, 5.41) is 1.44. The molecule has 0 saturated carbocycles. The van der Waals surface area contributed by atoms with Crippen molar-refractivity contribution in [3.8, 4) is 11.5 Å². The zero-order valence-electron chi connectivity index (χ0n) is 8.79. The van der Waals surface area contributed by atoms with Gasteiger partial charge in [-0.3, -0.25) is 0 Å². The van der Waals surface area contributed by atoms with E-state index in [-0.39, 0.29) is 0 Å². The number of halogens is 3. The first-order valence-corrected chi connectivity index (χ1v) is 7.26. The van der Waals surface area contributed by atoms with Gasteiger partial charge in [0.2, 0.25) is 0 Å². The first-order valence-electron chi connectivity index (χ1n) is 4.97. The fraction of sp³-hybridized carbons (Fsp3) is 0.0769. The quantitative estimate of drug-likeness (QED) is 0.616. The molecule has 0 bridgehead atoms. The van der Waals surface area contributed by atoms with Gasteiger partial charge in [-0.15, -0.1) is 0 Å². The number of rotatable bonds is 3. The van der Waals surface area contributed by atoms with Crippen LogP contribution >= 0.6 is 43.5 Å². The van der Waals surface area contributed by atoms with E-state index in [0.29, 0.717) is 5.02 Å². The minimum absolute atomic E-state index is 0.700. The highest BCUT2D eigenvalue weighted by molar-refractivity contribution is 9.10. The lowest BCUT2D eigenvalue weighted by Crippen LogP contribution is -1.87. The Morgan fingerprint density at radius 2 is 1.88 bits per heavy atom. The van der Waals surface area contributed by atoms with E-state index < -0.39 is 0 Å². The second-order valence-electron chi connectivity index (χ2n) is 3.42. The summed E-state index contributed by atoms with van der Waals surface area (Å²) in [6, 6.07) is 13.4. The minimum atomic E-state index is 0.700. The Kier molecular flexibility index (Phi) is 4.48. The predicted molar refractivity (Wildman–Crippen MR) is 78.3 cm³/mol. The molecule has 88 valence electrons. The molecule has 0 fully saturated rings. The van der Waals surface area contributed by atoms with E-state index in [1.54, 1.807) is 0 Å². The second-order valence-corrected chi connectivity index (χ2v) is 5.24. The van der Waals surface area contributed by atoms with Crippen molar-refractivity contribution < 1.29 is 4.74 Å². The van der Waals surface area contributed by atoms with Crippen molar-refractivity contribution in [1.82, 2.24) is 0 Å². The summed E-state index contributed by atoms with van der Waals surface area (Å²) in [6.45, 7) is 0. The fourth-order valence-corrected chi connectivity index (χ4v) is 2.61. The van der Waals surface area contributed by atoms with E-state index >= 15 is 0 Å². The molecule has 0 aliphatic heterocycles. The molecular formula is C13H9Br2ClO. The topological polar surface area (TPSA) is 9.23 Å². The van der Waals surface area contributed by atoms with E-state index in [4.69, 9.17) is 16.3 Å². The third kappa shape index (κ3) is 3.24. The number of ether oxygens (including phenoxy) is 1. The monoisotopic (exact) mass is 374 g/mol. The van der Waals surface area contributed by atoms with Crippen LogP contribution in [0.5, 0.6) is 11.5 Å². The van der Waals surface area contributed by atoms with E-state index in [2.05, 4.69) is 31.9 Å². The number of alkyl halides is 1. The minimum Gasteiger partial charge on any atom is -0.456 e. The van der Waals surface area contributed by atoms with Crippen molar-refractivity contribution in [2.24, 2.45) is 0 Å². The average Bonchev–Trinajstić information content (AvgIpc) is 2.32. The molecule has 0 radical (unpaired) electrons. The molecule has 0 saturated heterocycles. The molecule has 2 aromatic rings. The van der Waals surface area contributed by atoms with Crippen LogP contribution in [0.3, 0.4) is 0 Å². The smallest absolute Gasteiger partial charge is 0.141 e. The summed E-state index contributed by atoms with van der Waals surface area (Å²) in [5.41, 5.74) is 1.05. The molecule has 0 N–H and O–H groups in total. The van der Waals surface area contributed by atoms with Crippen LogP contribution in [0.1, 0.15) is 5.56 Å². The van der Waals surface area contributed by atoms with Crippen LogP contribution in [-0.2, 0) is 5.33 Å². The molecular weight excluding hydrogens is 367 g/mol. The van der Waals surface area contributed by atoms with Crippen LogP contribution in [0.25, 0.3) is 0 Å². The maximum Gasteiger partial charge on any atom is 0.141 e. The van der Waals surface area contributed by atoms with Gasteiger partial charge in [-0.25, -0.2) is 0 Å². The molecule has 0 aromatic heterocycles. The van der Waals surface area contributed by atoms with Crippen molar-refractivity contribution in [2.45, 2.75) is 5.33 Å². The maximum absolute atomic E-state index is 6.11. The van der Waals surface area contributed by atoms with Gasteiger partial charge in [-0.1, -0.05) is 45.7 Å². The van der Waals surface area contributed by atoms with Crippen LogP contribution < -0.4 is 4.74 Å². The Hall–Kier alpha value is -0.510. The van der Waals surface area contributed by atoms with E-state index in [1.165, 1.54) is 0 Å². The standard InChI is InChI=1S/C13H9Br2ClO/c14-8-9-5-6-10(7-12(9)16)17-13-4-2-1-3-11(13)15/h1-7H,8H2. The first-order chi connectivity index (χ1) is 8.20. The van der Waals surface area contributed by atoms with Crippen molar-refractivity contribution in [3.05, 3.63) is 57.5 Å². The molecule has 2 aromatic carbocycles. The summed E-state index contributed by atoms with van der Waals surface area (Å²) in [4.78, 5) is 0.